The molecule has 1 aliphatic carbocycles. The molecule has 2 aliphatic rings. The zero-order valence-electron chi connectivity index (χ0n) is 60.2. The molecule has 14 N–H and O–H groups in total. The lowest BCUT2D eigenvalue weighted by Crippen LogP contribution is -2.61. The summed E-state index contributed by atoms with van der Waals surface area (Å²) in [6, 6.07) is -8.26. The second-order valence-electron chi connectivity index (χ2n) is 27.0. The highest BCUT2D eigenvalue weighted by Gasteiger charge is 2.41. The topological polar surface area (TPSA) is 404 Å². The number of aliphatic hydroxyl groups excluding tert-OH is 1. The molecular weight excluding hydrogens is 1240 g/mol. The Morgan fingerprint density at radius 2 is 1.34 bits per heavy atom. The van der Waals surface area contributed by atoms with Crippen molar-refractivity contribution in [3.63, 3.8) is 0 Å². The average Bonchev–Trinajstić information content (AvgIpc) is 0.911. The van der Waals surface area contributed by atoms with E-state index in [0.717, 1.165) is 77.0 Å². The lowest BCUT2D eigenvalue weighted by atomic mass is 9.83. The number of nitrogens with zero attached hydrogens (tertiary/aromatic N) is 2. The first kappa shape index (κ1) is 86.1. The number of aliphatic hydroxyl groups is 1. The Morgan fingerprint density at radius 3 is 1.93 bits per heavy atom. The van der Waals surface area contributed by atoms with E-state index in [1.807, 2.05) is 20.8 Å². The van der Waals surface area contributed by atoms with Crippen molar-refractivity contribution in [1.29, 1.82) is 0 Å². The minimum Gasteiger partial charge on any atom is -0.460 e. The highest BCUT2D eigenvalue weighted by atomic mass is 16.5. The van der Waals surface area contributed by atoms with Crippen molar-refractivity contribution in [3.05, 3.63) is 0 Å². The third-order valence-corrected chi connectivity index (χ3v) is 19.3. The van der Waals surface area contributed by atoms with Gasteiger partial charge in [0.05, 0.1) is 43.2 Å². The largest absolute Gasteiger partial charge is 0.460 e. The van der Waals surface area contributed by atoms with Crippen molar-refractivity contribution in [1.82, 2.24) is 47.0 Å². The molecule has 27 nitrogen and oxygen atoms in total. The maximum absolute atomic E-state index is 14.8. The molecule has 0 bridgehead atoms. The third kappa shape index (κ3) is 29.6. The molecule has 96 heavy (non-hydrogen) atoms. The van der Waals surface area contributed by atoms with E-state index in [1.165, 1.54) is 36.7 Å². The van der Waals surface area contributed by atoms with Gasteiger partial charge >= 0.3 is 5.97 Å². The molecule has 1 saturated carbocycles. The maximum atomic E-state index is 14.8. The summed E-state index contributed by atoms with van der Waals surface area (Å²) in [6.07, 6.45) is 15.5. The van der Waals surface area contributed by atoms with Gasteiger partial charge in [-0.1, -0.05) is 165 Å². The summed E-state index contributed by atoms with van der Waals surface area (Å²) in [7, 11) is 3.03. The van der Waals surface area contributed by atoms with Crippen LogP contribution in [0, 0.1) is 35.5 Å². The molecule has 0 aromatic carbocycles. The van der Waals surface area contributed by atoms with E-state index >= 15 is 0 Å². The fourth-order valence-electron chi connectivity index (χ4n) is 12.3. The predicted octanol–water partition coefficient (Wildman–Crippen LogP) is 3.27. The number of hydrogen-bond acceptors (Lipinski definition) is 17. The summed E-state index contributed by atoms with van der Waals surface area (Å²) in [5.74, 6) is -10.7. The second kappa shape index (κ2) is 47.0. The number of primary amides is 1. The predicted molar refractivity (Wildman–Crippen MR) is 366 cm³/mol. The van der Waals surface area contributed by atoms with Gasteiger partial charge in [-0.15, -0.1) is 0 Å². The number of amides is 10. The van der Waals surface area contributed by atoms with Gasteiger partial charge in [0.25, 0.3) is 0 Å². The van der Waals surface area contributed by atoms with Crippen LogP contribution < -0.4 is 54.4 Å². The van der Waals surface area contributed by atoms with Crippen molar-refractivity contribution >= 4 is 65.0 Å². The summed E-state index contributed by atoms with van der Waals surface area (Å²) >= 11 is 0. The Labute approximate surface area is 572 Å². The van der Waals surface area contributed by atoms with Gasteiger partial charge < -0.3 is 83.5 Å². The fraction of sp³-hybridized carbons (Fsp3) is 0.841. The molecule has 2 fully saturated rings. The summed E-state index contributed by atoms with van der Waals surface area (Å²) in [5, 5.41) is 28.9. The Bertz CT molecular complexity index is 2400. The van der Waals surface area contributed by atoms with E-state index in [1.54, 1.807) is 34.6 Å². The lowest BCUT2D eigenvalue weighted by molar-refractivity contribution is -0.158. The second-order valence-corrected chi connectivity index (χ2v) is 27.0. The molecule has 15 atom stereocenters. The van der Waals surface area contributed by atoms with Crippen LogP contribution in [0.4, 0.5) is 0 Å². The van der Waals surface area contributed by atoms with Crippen LogP contribution in [0.5, 0.6) is 0 Å². The van der Waals surface area contributed by atoms with Gasteiger partial charge in [-0.05, 0) is 69.6 Å². The van der Waals surface area contributed by atoms with E-state index in [9.17, 15) is 57.8 Å². The number of nitrogens with two attached hydrogens (primary N) is 3. The van der Waals surface area contributed by atoms with Crippen LogP contribution in [-0.2, 0) is 67.0 Å². The molecule has 1 unspecified atom stereocenters. The normalized spacial score (nSPS) is 22.7. The standard InChI is InChI=1S/C69H126N12O15/c1-13-17-19-21-22-23-24-29-33-55-46(8)68(92)81(12)54(65(89)78-58(44(6)16-4)66(90)76-51(39-71)63(87)77-52(41-82)62(86)73-35-36-94-55)37-43(5)42-95-48(10)45(7)61(85)74-40-57(83)96-56(34-28-20-18-14-2)47(9)69(93)80(11)53(30-15-3)64(88)79-59(49-31-26-25-27-32-49)67(91)75-50(38-70)60(72)84/h43-56,58-59,82H,13-42,70-71H2,1-12H3,(H2,72,84)(H,73,86)(H,74,85)(H,75,91)(H,76,90)(H,77,87)(H,78,89)(H,79,88)/t43?,44-,45+,46-,47-,48+,50+,51+,52+,53+,54+,55-,56-,58+,59+/m1/s1. The van der Waals surface area contributed by atoms with E-state index in [0.29, 0.717) is 44.9 Å². The van der Waals surface area contributed by atoms with Crippen LogP contribution in [0.15, 0.2) is 0 Å². The first-order valence-corrected chi connectivity index (χ1v) is 36.0. The molecular formula is C69H126N12O15. The monoisotopic (exact) mass is 1360 g/mol. The minimum absolute atomic E-state index is 0.00722. The van der Waals surface area contributed by atoms with Crippen LogP contribution in [0.25, 0.3) is 0 Å². The number of rotatable bonds is 40. The van der Waals surface area contributed by atoms with Gasteiger partial charge in [-0.3, -0.25) is 52.7 Å². The summed E-state index contributed by atoms with van der Waals surface area (Å²) < 4.78 is 18.6. The quantitative estimate of drug-likeness (QED) is 0.0310. The van der Waals surface area contributed by atoms with Crippen LogP contribution in [0.1, 0.15) is 217 Å². The minimum atomic E-state index is -1.38. The number of carbonyl (C=O) groups is 11. The third-order valence-electron chi connectivity index (χ3n) is 19.3. The van der Waals surface area contributed by atoms with Crippen LogP contribution in [0.2, 0.25) is 0 Å². The Morgan fingerprint density at radius 1 is 0.729 bits per heavy atom. The summed E-state index contributed by atoms with van der Waals surface area (Å²) in [6.45, 7) is 16.3. The van der Waals surface area contributed by atoms with Crippen molar-refractivity contribution in [2.75, 3.05) is 60.1 Å². The van der Waals surface area contributed by atoms with Gasteiger partial charge in [0, 0.05) is 40.3 Å². The van der Waals surface area contributed by atoms with Crippen molar-refractivity contribution < 1.29 is 72.1 Å². The molecule has 1 heterocycles. The Kier molecular flexibility index (Phi) is 42.2. The van der Waals surface area contributed by atoms with Crippen LogP contribution in [-0.4, -0.2) is 201 Å². The number of likely N-dealkylation sites (N-methyl/N-ethyl adjacent to an activating group) is 2. The zero-order chi connectivity index (χ0) is 72.0. The number of nitrogens with one attached hydrogen (secondary N) is 7. The van der Waals surface area contributed by atoms with Gasteiger partial charge in [-0.2, -0.15) is 0 Å². The molecule has 2 rings (SSSR count). The number of ether oxygens (including phenoxy) is 3. The molecule has 10 amide bonds. The SMILES string of the molecule is CCCCCCCCCC[C@H]1OCCNC(=O)[C@H](CO)NC(=O)[C@H](CN)NC(=O)[C@H]([C@H](C)CC)NC(=O)[C@H](CC(C)CO[C@@H](C)[C@H](C)C(=O)NCC(=O)O[C@H](CCCCCC)[C@@H](C)C(=O)N(C)[C@@H](CCC)C(=O)N[C@H](C(=O)N[C@@H](CN)C(N)=O)C2CCCCC2)N(C)C(=O)[C@@H]1C. The summed E-state index contributed by atoms with van der Waals surface area (Å²) in [4.78, 5) is 155. The first-order chi connectivity index (χ1) is 45.7. The van der Waals surface area contributed by atoms with E-state index < -0.39 is 168 Å². The number of carbonyl (C=O) groups excluding carboxylic acids is 11. The first-order valence-electron chi connectivity index (χ1n) is 36.0. The van der Waals surface area contributed by atoms with Crippen LogP contribution in [0.3, 0.4) is 0 Å². The van der Waals surface area contributed by atoms with Gasteiger partial charge in [0.1, 0.15) is 54.9 Å². The molecule has 1 aliphatic heterocycles. The van der Waals surface area contributed by atoms with Gasteiger partial charge in [-0.25, -0.2) is 0 Å². The van der Waals surface area contributed by atoms with Crippen molar-refractivity contribution in [2.45, 2.75) is 278 Å². The van der Waals surface area contributed by atoms with Crippen LogP contribution >= 0.6 is 0 Å². The zero-order valence-corrected chi connectivity index (χ0v) is 60.2. The van der Waals surface area contributed by atoms with Crippen molar-refractivity contribution in [2.24, 2.45) is 52.7 Å². The number of esters is 1. The molecule has 0 aromatic rings. The van der Waals surface area contributed by atoms with Gasteiger partial charge in [0.15, 0.2) is 0 Å². The molecule has 1 saturated heterocycles. The van der Waals surface area contributed by atoms with E-state index in [-0.39, 0.29) is 51.6 Å². The van der Waals surface area contributed by atoms with E-state index in [4.69, 9.17) is 31.4 Å². The molecule has 0 radical (unpaired) electrons. The average molecular weight is 1360 g/mol. The molecule has 0 spiro atoms. The number of hydrogen-bond donors (Lipinski definition) is 11. The smallest absolute Gasteiger partial charge is 0.325 e. The molecule has 0 aromatic heterocycles. The summed E-state index contributed by atoms with van der Waals surface area (Å²) in [5.41, 5.74) is 17.2. The van der Waals surface area contributed by atoms with Crippen molar-refractivity contribution in [3.8, 4) is 0 Å². The Hall–Kier alpha value is -6.03. The lowest BCUT2D eigenvalue weighted by Gasteiger charge is -2.35. The Balaban J connectivity index is 2.36. The maximum Gasteiger partial charge on any atom is 0.325 e. The number of unbranched alkanes of at least 4 members (excludes halogenated alkanes) is 10. The molecule has 552 valence electrons. The molecule has 27 heteroatoms. The fourth-order valence-corrected chi connectivity index (χ4v) is 12.3. The van der Waals surface area contributed by atoms with Gasteiger partial charge in [0.2, 0.25) is 59.1 Å². The highest BCUT2D eigenvalue weighted by molar-refractivity contribution is 5.97. The highest BCUT2D eigenvalue weighted by Crippen LogP contribution is 2.29. The van der Waals surface area contributed by atoms with E-state index in [2.05, 4.69) is 51.1 Å².